The number of carbonyl (C=O) groups excluding carboxylic acids is 3. The molecule has 1 saturated heterocycles. The number of hydrogen-bond acceptors (Lipinski definition) is 6. The van der Waals surface area contributed by atoms with Gasteiger partial charge in [-0.3, -0.25) is 19.4 Å². The van der Waals surface area contributed by atoms with Crippen LogP contribution in [0.4, 0.5) is 0 Å². The summed E-state index contributed by atoms with van der Waals surface area (Å²) in [5, 5.41) is 0. The van der Waals surface area contributed by atoms with Crippen molar-refractivity contribution in [1.82, 2.24) is 9.88 Å². The van der Waals surface area contributed by atoms with E-state index in [0.717, 1.165) is 36.0 Å². The van der Waals surface area contributed by atoms with Crippen LogP contribution in [0.15, 0.2) is 53.8 Å². The molecule has 7 heteroatoms. The molecule has 34 heavy (non-hydrogen) atoms. The summed E-state index contributed by atoms with van der Waals surface area (Å²) in [6.07, 6.45) is 6.45. The Balaban J connectivity index is 1.91. The van der Waals surface area contributed by atoms with Crippen molar-refractivity contribution in [3.63, 3.8) is 0 Å². The van der Waals surface area contributed by atoms with Crippen molar-refractivity contribution in [2.45, 2.75) is 33.1 Å². The number of likely N-dealkylation sites (tertiary alicyclic amines) is 1. The maximum absolute atomic E-state index is 13.7. The fourth-order valence-corrected chi connectivity index (χ4v) is 4.75. The largest absolute Gasteiger partial charge is 0.489 e. The highest BCUT2D eigenvalue weighted by molar-refractivity contribution is 6.38. The maximum Gasteiger partial charge on any atom is 0.254 e. The molecule has 4 rings (SSSR count). The van der Waals surface area contributed by atoms with Crippen molar-refractivity contribution in [1.29, 1.82) is 0 Å². The van der Waals surface area contributed by atoms with Gasteiger partial charge >= 0.3 is 0 Å². The lowest BCUT2D eigenvalue weighted by Crippen LogP contribution is -2.36. The van der Waals surface area contributed by atoms with Crippen molar-refractivity contribution in [3.05, 3.63) is 70.4 Å². The number of ether oxygens (including phenoxy) is 2. The number of allylic oxidation sites excluding steroid dienone is 2. The Morgan fingerprint density at radius 3 is 2.24 bits per heavy atom. The fraction of sp³-hybridized carbons (Fsp3) is 0.333. The average Bonchev–Trinajstić information content (AvgIpc) is 2.86. The quantitative estimate of drug-likeness (QED) is 0.624. The smallest absolute Gasteiger partial charge is 0.254 e. The van der Waals surface area contributed by atoms with Crippen molar-refractivity contribution >= 4 is 23.0 Å². The van der Waals surface area contributed by atoms with Gasteiger partial charge in [-0.1, -0.05) is 12.1 Å². The Morgan fingerprint density at radius 2 is 1.62 bits per heavy atom. The Bertz CT molecular complexity index is 1220. The minimum Gasteiger partial charge on any atom is -0.489 e. The summed E-state index contributed by atoms with van der Waals surface area (Å²) in [6, 6.07) is 7.31. The van der Waals surface area contributed by atoms with E-state index in [1.165, 1.54) is 14.2 Å². The number of aromatic nitrogens is 1. The predicted molar refractivity (Wildman–Crippen MR) is 128 cm³/mol. The normalized spacial score (nSPS) is 16.8. The van der Waals surface area contributed by atoms with Gasteiger partial charge in [0, 0.05) is 47.8 Å². The molecule has 1 aromatic heterocycles. The van der Waals surface area contributed by atoms with Crippen LogP contribution in [0.25, 0.3) is 16.7 Å². The number of aryl methyl sites for hydroxylation is 1. The highest BCUT2D eigenvalue weighted by Crippen LogP contribution is 2.36. The van der Waals surface area contributed by atoms with E-state index >= 15 is 0 Å². The maximum atomic E-state index is 13.7. The SMILES string of the molecule is COC1=C(OC)C(=O)C(c2cc(C)c(-c3cccnc3)c(C(=O)N3CCCCC3)c2)=C(C)C1=O. The molecule has 0 radical (unpaired) electrons. The zero-order chi connectivity index (χ0) is 24.4. The first-order valence-electron chi connectivity index (χ1n) is 11.4. The van der Waals surface area contributed by atoms with Gasteiger partial charge in [0.2, 0.25) is 23.1 Å². The molecule has 0 spiro atoms. The summed E-state index contributed by atoms with van der Waals surface area (Å²) in [4.78, 5) is 46.1. The molecule has 0 N–H and O–H groups in total. The lowest BCUT2D eigenvalue weighted by Gasteiger charge is -2.28. The number of amides is 1. The molecule has 1 aliphatic carbocycles. The van der Waals surface area contributed by atoms with Crippen LogP contribution in [0.1, 0.15) is 47.7 Å². The Morgan fingerprint density at radius 1 is 0.941 bits per heavy atom. The van der Waals surface area contributed by atoms with Crippen molar-refractivity contribution < 1.29 is 23.9 Å². The number of Topliss-reactive ketones (excluding diaryl/α,β-unsaturated/α-hetero) is 2. The molecule has 1 aliphatic heterocycles. The van der Waals surface area contributed by atoms with E-state index in [-0.39, 0.29) is 28.6 Å². The molecule has 0 bridgehead atoms. The fourth-order valence-electron chi connectivity index (χ4n) is 4.75. The van der Waals surface area contributed by atoms with Crippen LogP contribution in [0, 0.1) is 6.92 Å². The third-order valence-corrected chi connectivity index (χ3v) is 6.42. The lowest BCUT2D eigenvalue weighted by atomic mass is 9.84. The number of ketones is 2. The summed E-state index contributed by atoms with van der Waals surface area (Å²) in [6.45, 7) is 4.89. The van der Waals surface area contributed by atoms with Gasteiger partial charge in [0.25, 0.3) is 5.91 Å². The average molecular weight is 461 g/mol. The number of benzene rings is 1. The van der Waals surface area contributed by atoms with E-state index in [2.05, 4.69) is 4.98 Å². The van der Waals surface area contributed by atoms with Crippen molar-refractivity contribution in [2.24, 2.45) is 0 Å². The van der Waals surface area contributed by atoms with Crippen LogP contribution >= 0.6 is 0 Å². The van der Waals surface area contributed by atoms with Crippen LogP contribution in [0.3, 0.4) is 0 Å². The molecular formula is C27H28N2O5. The number of pyridine rings is 1. The Hall–Kier alpha value is -3.74. The van der Waals surface area contributed by atoms with Gasteiger partial charge in [-0.2, -0.15) is 0 Å². The topological polar surface area (TPSA) is 85.8 Å². The molecule has 0 saturated carbocycles. The van der Waals surface area contributed by atoms with Gasteiger partial charge in [0.1, 0.15) is 0 Å². The van der Waals surface area contributed by atoms with Crippen LogP contribution in [-0.2, 0) is 19.1 Å². The van der Waals surface area contributed by atoms with Crippen LogP contribution < -0.4 is 0 Å². The summed E-state index contributed by atoms with van der Waals surface area (Å²) >= 11 is 0. The van der Waals surface area contributed by atoms with Gasteiger partial charge in [-0.05, 0) is 61.9 Å². The molecule has 2 aromatic rings. The first-order chi connectivity index (χ1) is 16.4. The van der Waals surface area contributed by atoms with Crippen molar-refractivity contribution in [2.75, 3.05) is 27.3 Å². The minimum atomic E-state index is -0.443. The van der Waals surface area contributed by atoms with E-state index in [0.29, 0.717) is 24.2 Å². The second-order valence-electron chi connectivity index (χ2n) is 8.54. The molecule has 176 valence electrons. The third-order valence-electron chi connectivity index (χ3n) is 6.42. The summed E-state index contributed by atoms with van der Waals surface area (Å²) in [5.74, 6) is -1.18. The monoisotopic (exact) mass is 460 g/mol. The van der Waals surface area contributed by atoms with Gasteiger partial charge in [0.15, 0.2) is 0 Å². The molecule has 1 aromatic carbocycles. The third kappa shape index (κ3) is 4.02. The molecule has 7 nitrogen and oxygen atoms in total. The number of rotatable bonds is 5. The predicted octanol–water partition coefficient (Wildman–Crippen LogP) is 4.11. The Labute approximate surface area is 199 Å². The number of carbonyl (C=O) groups is 3. The van der Waals surface area contributed by atoms with Crippen LogP contribution in [0.5, 0.6) is 0 Å². The minimum absolute atomic E-state index is 0.0866. The highest BCUT2D eigenvalue weighted by Gasteiger charge is 2.36. The number of piperidine rings is 1. The van der Waals surface area contributed by atoms with Crippen molar-refractivity contribution in [3.8, 4) is 11.1 Å². The number of nitrogens with zero attached hydrogens (tertiary/aromatic N) is 2. The van der Waals surface area contributed by atoms with E-state index in [1.54, 1.807) is 25.4 Å². The molecule has 0 atom stereocenters. The molecule has 1 amide bonds. The summed E-state index contributed by atoms with van der Waals surface area (Å²) in [7, 11) is 2.67. The summed E-state index contributed by atoms with van der Waals surface area (Å²) < 4.78 is 10.4. The molecule has 2 heterocycles. The molecule has 1 fully saturated rings. The second-order valence-corrected chi connectivity index (χ2v) is 8.54. The van der Waals surface area contributed by atoms with Gasteiger partial charge in [-0.15, -0.1) is 0 Å². The highest BCUT2D eigenvalue weighted by atomic mass is 16.5. The lowest BCUT2D eigenvalue weighted by molar-refractivity contribution is -0.119. The summed E-state index contributed by atoms with van der Waals surface area (Å²) in [5.41, 5.74) is 3.88. The first-order valence-corrected chi connectivity index (χ1v) is 11.4. The number of hydrogen-bond donors (Lipinski definition) is 0. The molecule has 0 unspecified atom stereocenters. The molecule has 2 aliphatic rings. The standard InChI is InChI=1S/C27H28N2O5/c1-16-13-19(22-17(2)23(30)25(33-3)26(34-4)24(22)31)14-20(21(16)18-9-8-10-28-15-18)27(32)29-11-6-5-7-12-29/h8-10,13-15H,5-7,11-12H2,1-4H3. The molecular weight excluding hydrogens is 432 g/mol. The van der Waals surface area contributed by atoms with E-state index < -0.39 is 11.6 Å². The van der Waals surface area contributed by atoms with Crippen LogP contribution in [-0.4, -0.2) is 54.7 Å². The Kier molecular flexibility index (Phi) is 6.63. The second kappa shape index (κ2) is 9.63. The van der Waals surface area contributed by atoms with E-state index in [4.69, 9.17) is 9.47 Å². The van der Waals surface area contributed by atoms with Gasteiger partial charge < -0.3 is 14.4 Å². The van der Waals surface area contributed by atoms with E-state index in [1.807, 2.05) is 30.0 Å². The zero-order valence-electron chi connectivity index (χ0n) is 19.9. The van der Waals surface area contributed by atoms with Crippen LogP contribution in [0.2, 0.25) is 0 Å². The van der Waals surface area contributed by atoms with Gasteiger partial charge in [0.05, 0.1) is 14.2 Å². The van der Waals surface area contributed by atoms with Gasteiger partial charge in [-0.25, -0.2) is 0 Å². The van der Waals surface area contributed by atoms with E-state index in [9.17, 15) is 14.4 Å². The number of methoxy groups -OCH3 is 2. The zero-order valence-corrected chi connectivity index (χ0v) is 19.9. The first kappa shape index (κ1) is 23.4.